The Labute approximate surface area is 145 Å². The van der Waals surface area contributed by atoms with Crippen LogP contribution in [-0.4, -0.2) is 88.1 Å². The van der Waals surface area contributed by atoms with E-state index in [9.17, 15) is 49.2 Å². The van der Waals surface area contributed by atoms with E-state index in [1.807, 2.05) is 0 Å². The van der Waals surface area contributed by atoms with Gasteiger partial charge < -0.3 is 30.6 Å². The molecule has 0 heterocycles. The Balaban J connectivity index is 7.65. The molecule has 0 radical (unpaired) electrons. The van der Waals surface area contributed by atoms with Crippen molar-refractivity contribution in [2.75, 3.05) is 0 Å². The van der Waals surface area contributed by atoms with Gasteiger partial charge >= 0.3 is 11.9 Å². The summed E-state index contributed by atoms with van der Waals surface area (Å²) < 4.78 is 0. The van der Waals surface area contributed by atoms with E-state index in [2.05, 4.69) is 0 Å². The van der Waals surface area contributed by atoms with Crippen LogP contribution in [-0.2, 0) is 28.8 Å². The molecule has 6 N–H and O–H groups in total. The van der Waals surface area contributed by atoms with Crippen LogP contribution in [0.4, 0.5) is 0 Å². The Morgan fingerprint density at radius 1 is 0.500 bits per heavy atom. The number of ketones is 4. The minimum atomic E-state index is -4.46. The minimum absolute atomic E-state index is 0.299. The molecule has 0 aromatic rings. The molecule has 0 bridgehead atoms. The van der Waals surface area contributed by atoms with Crippen molar-refractivity contribution in [1.82, 2.24) is 0 Å². The van der Waals surface area contributed by atoms with E-state index in [-0.39, 0.29) is 0 Å². The smallest absolute Gasteiger partial charge is 0.347 e. The van der Waals surface area contributed by atoms with Gasteiger partial charge in [0.2, 0.25) is 11.2 Å². The van der Waals surface area contributed by atoms with Gasteiger partial charge in [0.25, 0.3) is 11.2 Å². The van der Waals surface area contributed by atoms with Gasteiger partial charge in [0.05, 0.1) is 0 Å². The quantitative estimate of drug-likeness (QED) is 0.214. The summed E-state index contributed by atoms with van der Waals surface area (Å²) in [5.41, 5.74) is -17.5. The van der Waals surface area contributed by atoms with E-state index in [4.69, 9.17) is 10.2 Å². The van der Waals surface area contributed by atoms with Crippen LogP contribution < -0.4 is 0 Å². The topological polar surface area (TPSA) is 224 Å². The molecular formula is C14H18O12. The minimum Gasteiger partial charge on any atom is -0.479 e. The Morgan fingerprint density at radius 2 is 0.692 bits per heavy atom. The largest absolute Gasteiger partial charge is 0.479 e. The molecule has 4 unspecified atom stereocenters. The summed E-state index contributed by atoms with van der Waals surface area (Å²) in [7, 11) is 0. The standard InChI is InChI=1S/C14H18O12/c1-5(15)11(23,9(19)20)13(25,7(3)17)14(26,8(4)18)12(24,6(2)16)10(21)22/h23-26H,1-4H3,(H,19,20)(H,21,22). The highest BCUT2D eigenvalue weighted by atomic mass is 16.5. The van der Waals surface area contributed by atoms with Gasteiger partial charge in [-0.3, -0.25) is 19.2 Å². The van der Waals surface area contributed by atoms with Gasteiger partial charge in [0.15, 0.2) is 23.1 Å². The average molecular weight is 378 g/mol. The highest BCUT2D eigenvalue weighted by Crippen LogP contribution is 2.43. The fraction of sp³-hybridized carbons (Fsp3) is 0.571. The van der Waals surface area contributed by atoms with E-state index in [0.717, 1.165) is 0 Å². The van der Waals surface area contributed by atoms with Crippen LogP contribution in [0.2, 0.25) is 0 Å². The molecule has 0 fully saturated rings. The number of hydrogen-bond donors (Lipinski definition) is 6. The Kier molecular flexibility index (Phi) is 5.99. The number of Topliss-reactive ketones (excluding diaryl/α,β-unsaturated/α-hetero) is 4. The van der Waals surface area contributed by atoms with Crippen molar-refractivity contribution in [2.24, 2.45) is 0 Å². The third-order valence-electron chi connectivity index (χ3n) is 4.23. The Hall–Kier alpha value is -2.54. The Morgan fingerprint density at radius 3 is 0.769 bits per heavy atom. The van der Waals surface area contributed by atoms with Crippen LogP contribution in [0.1, 0.15) is 27.7 Å². The highest BCUT2D eigenvalue weighted by molar-refractivity contribution is 6.20. The molecule has 0 aliphatic carbocycles. The number of carbonyl (C=O) groups excluding carboxylic acids is 4. The lowest BCUT2D eigenvalue weighted by molar-refractivity contribution is -0.264. The van der Waals surface area contributed by atoms with E-state index in [0.29, 0.717) is 27.7 Å². The van der Waals surface area contributed by atoms with E-state index in [1.54, 1.807) is 0 Å². The van der Waals surface area contributed by atoms with Crippen molar-refractivity contribution in [3.63, 3.8) is 0 Å². The summed E-state index contributed by atoms with van der Waals surface area (Å²) >= 11 is 0. The zero-order valence-corrected chi connectivity index (χ0v) is 14.1. The summed E-state index contributed by atoms with van der Waals surface area (Å²) in [6.45, 7) is 1.28. The zero-order valence-electron chi connectivity index (χ0n) is 14.1. The maximum Gasteiger partial charge on any atom is 0.347 e. The van der Waals surface area contributed by atoms with Gasteiger partial charge in [-0.25, -0.2) is 9.59 Å². The van der Waals surface area contributed by atoms with Gasteiger partial charge in [0.1, 0.15) is 0 Å². The maximum absolute atomic E-state index is 12.0. The number of hydrogen-bond acceptors (Lipinski definition) is 10. The van der Waals surface area contributed by atoms with Crippen molar-refractivity contribution in [3.8, 4) is 0 Å². The molecule has 0 aromatic carbocycles. The molecular weight excluding hydrogens is 360 g/mol. The van der Waals surface area contributed by atoms with Gasteiger partial charge in [-0.1, -0.05) is 0 Å². The number of aliphatic carboxylic acids is 2. The molecule has 0 rings (SSSR count). The Bertz CT molecular complexity index is 619. The van der Waals surface area contributed by atoms with Crippen LogP contribution in [0.5, 0.6) is 0 Å². The number of rotatable bonds is 9. The zero-order chi connectivity index (χ0) is 21.5. The normalized spacial score (nSPS) is 20.5. The SMILES string of the molecule is CC(=O)C(O)(C(=O)O)C(O)(C(C)=O)C(O)(C(C)=O)C(O)(C(C)=O)C(=O)O. The van der Waals surface area contributed by atoms with Crippen LogP contribution in [0, 0.1) is 0 Å². The summed E-state index contributed by atoms with van der Waals surface area (Å²) in [6, 6.07) is 0. The lowest BCUT2D eigenvalue weighted by Crippen LogP contribution is -2.86. The van der Waals surface area contributed by atoms with E-state index < -0.39 is 57.5 Å². The molecule has 0 saturated heterocycles. The van der Waals surface area contributed by atoms with Crippen molar-refractivity contribution < 1.29 is 59.4 Å². The van der Waals surface area contributed by atoms with Gasteiger partial charge in [-0.05, 0) is 27.7 Å². The molecule has 0 saturated carbocycles. The summed E-state index contributed by atoms with van der Waals surface area (Å²) in [6.07, 6.45) is 0. The highest BCUT2D eigenvalue weighted by Gasteiger charge is 2.81. The fourth-order valence-electron chi connectivity index (χ4n) is 2.66. The number of carboxylic acids is 2. The van der Waals surface area contributed by atoms with Crippen LogP contribution >= 0.6 is 0 Å². The molecule has 0 aromatic heterocycles. The van der Waals surface area contributed by atoms with Crippen molar-refractivity contribution in [2.45, 2.75) is 50.1 Å². The first-order valence-corrected chi connectivity index (χ1v) is 6.82. The maximum atomic E-state index is 12.0. The van der Waals surface area contributed by atoms with Crippen molar-refractivity contribution in [1.29, 1.82) is 0 Å². The summed E-state index contributed by atoms with van der Waals surface area (Å²) in [5.74, 6) is -13.1. The predicted molar refractivity (Wildman–Crippen MR) is 77.8 cm³/mol. The molecule has 26 heavy (non-hydrogen) atoms. The lowest BCUT2D eigenvalue weighted by Gasteiger charge is -2.50. The molecule has 0 spiro atoms. The number of aliphatic hydroxyl groups is 4. The second-order valence-electron chi connectivity index (χ2n) is 5.68. The first kappa shape index (κ1) is 23.5. The van der Waals surface area contributed by atoms with Crippen LogP contribution in [0.25, 0.3) is 0 Å². The summed E-state index contributed by atoms with van der Waals surface area (Å²) in [4.78, 5) is 70.3. The lowest BCUT2D eigenvalue weighted by atomic mass is 9.58. The predicted octanol–water partition coefficient (Wildman–Crippen LogP) is -3.56. The number of carboxylic acid groups (broad SMARTS) is 2. The molecule has 146 valence electrons. The first-order valence-electron chi connectivity index (χ1n) is 6.82. The first-order chi connectivity index (χ1) is 11.4. The van der Waals surface area contributed by atoms with Crippen molar-refractivity contribution >= 4 is 35.1 Å². The monoisotopic (exact) mass is 378 g/mol. The summed E-state index contributed by atoms with van der Waals surface area (Å²) in [5, 5.41) is 60.0. The second-order valence-corrected chi connectivity index (χ2v) is 5.68. The molecule has 0 aliphatic rings. The van der Waals surface area contributed by atoms with E-state index >= 15 is 0 Å². The molecule has 12 nitrogen and oxygen atoms in total. The van der Waals surface area contributed by atoms with Crippen LogP contribution in [0.3, 0.4) is 0 Å². The molecule has 12 heteroatoms. The fourth-order valence-corrected chi connectivity index (χ4v) is 2.66. The molecule has 4 atom stereocenters. The molecule has 0 aliphatic heterocycles. The van der Waals surface area contributed by atoms with Crippen molar-refractivity contribution in [3.05, 3.63) is 0 Å². The van der Waals surface area contributed by atoms with Gasteiger partial charge in [-0.15, -0.1) is 0 Å². The second kappa shape index (κ2) is 6.64. The van der Waals surface area contributed by atoms with Crippen LogP contribution in [0.15, 0.2) is 0 Å². The third-order valence-corrected chi connectivity index (χ3v) is 4.23. The van der Waals surface area contributed by atoms with Gasteiger partial charge in [0, 0.05) is 0 Å². The van der Waals surface area contributed by atoms with Gasteiger partial charge in [-0.2, -0.15) is 0 Å². The third kappa shape index (κ3) is 2.46. The number of carbonyl (C=O) groups is 6. The van der Waals surface area contributed by atoms with E-state index in [1.165, 1.54) is 0 Å². The molecule has 0 amide bonds. The average Bonchev–Trinajstić information content (AvgIpc) is 2.49.